The van der Waals surface area contributed by atoms with Crippen LogP contribution in [0.5, 0.6) is 0 Å². The fourth-order valence-electron chi connectivity index (χ4n) is 8.80. The highest BCUT2D eigenvalue weighted by Crippen LogP contribution is 2.47. The van der Waals surface area contributed by atoms with Gasteiger partial charge in [-0.2, -0.15) is 0 Å². The van der Waals surface area contributed by atoms with Gasteiger partial charge in [0.2, 0.25) is 0 Å². The molecule has 0 saturated carbocycles. The first-order valence-corrected chi connectivity index (χ1v) is 20.6. The molecule has 7 aromatic carbocycles. The average molecular weight is 795 g/mol. The van der Waals surface area contributed by atoms with Gasteiger partial charge in [0.25, 0.3) is 0 Å². The summed E-state index contributed by atoms with van der Waals surface area (Å²) in [6.07, 6.45) is 3.50. The zero-order valence-electron chi connectivity index (χ0n) is 33.2. The first-order chi connectivity index (χ1) is 30.8. The van der Waals surface area contributed by atoms with Crippen molar-refractivity contribution in [3.8, 4) is 73.5 Å². The molecule has 0 fully saturated rings. The van der Waals surface area contributed by atoms with E-state index in [0.717, 1.165) is 88.4 Å². The van der Waals surface area contributed by atoms with E-state index in [9.17, 15) is 0 Å². The second-order valence-corrected chi connectivity index (χ2v) is 15.2. The lowest BCUT2D eigenvalue weighted by Gasteiger charge is -2.21. The van der Waals surface area contributed by atoms with Crippen LogP contribution in [0.15, 0.2) is 211 Å². The summed E-state index contributed by atoms with van der Waals surface area (Å²) in [7, 11) is 0. The van der Waals surface area contributed by atoms with E-state index in [2.05, 4.69) is 166 Å². The number of fused-ring (bicyclic) bond motifs is 7. The van der Waals surface area contributed by atoms with Gasteiger partial charge in [0, 0.05) is 50.8 Å². The van der Waals surface area contributed by atoms with Crippen molar-refractivity contribution in [2.45, 2.75) is 0 Å². The van der Waals surface area contributed by atoms with Crippen LogP contribution < -0.4 is 0 Å². The van der Waals surface area contributed by atoms with Crippen LogP contribution in [0.2, 0.25) is 0 Å². The molecule has 0 aliphatic heterocycles. The van der Waals surface area contributed by atoms with Crippen LogP contribution >= 0.6 is 0 Å². The molecule has 0 aliphatic rings. The molecule has 12 rings (SSSR count). The Labute approximate surface area is 356 Å². The summed E-state index contributed by atoms with van der Waals surface area (Å²) in [6.45, 7) is 0. The number of hydrogen-bond donors (Lipinski definition) is 0. The van der Waals surface area contributed by atoms with Crippen molar-refractivity contribution < 1.29 is 4.42 Å². The number of pyridine rings is 2. The van der Waals surface area contributed by atoms with E-state index in [1.54, 1.807) is 12.4 Å². The predicted octanol–water partition coefficient (Wildman–Crippen LogP) is 13.7. The highest BCUT2D eigenvalue weighted by molar-refractivity contribution is 6.25. The van der Waals surface area contributed by atoms with Crippen molar-refractivity contribution in [2.24, 2.45) is 0 Å². The lowest BCUT2D eigenvalue weighted by molar-refractivity contribution is 0.674. The summed E-state index contributed by atoms with van der Waals surface area (Å²) in [5, 5.41) is 4.34. The molecular formula is C55H34N6O. The van der Waals surface area contributed by atoms with Crippen LogP contribution in [0.3, 0.4) is 0 Å². The number of aromatic nitrogens is 6. The number of rotatable bonds is 7. The van der Waals surface area contributed by atoms with E-state index in [-0.39, 0.29) is 0 Å². The molecule has 0 unspecified atom stereocenters. The highest BCUT2D eigenvalue weighted by Gasteiger charge is 2.25. The van der Waals surface area contributed by atoms with Gasteiger partial charge in [0.15, 0.2) is 17.5 Å². The van der Waals surface area contributed by atoms with E-state index >= 15 is 0 Å². The predicted molar refractivity (Wildman–Crippen MR) is 250 cm³/mol. The summed E-state index contributed by atoms with van der Waals surface area (Å²) in [5.41, 5.74) is 13.3. The zero-order valence-corrected chi connectivity index (χ0v) is 33.2. The lowest BCUT2D eigenvalue weighted by atomic mass is 9.92. The molecule has 0 saturated heterocycles. The second-order valence-electron chi connectivity index (χ2n) is 15.2. The molecule has 0 bridgehead atoms. The Morgan fingerprint density at radius 3 is 1.47 bits per heavy atom. The molecule has 5 aromatic heterocycles. The summed E-state index contributed by atoms with van der Waals surface area (Å²) < 4.78 is 9.48. The van der Waals surface area contributed by atoms with Crippen LogP contribution in [-0.4, -0.2) is 29.5 Å². The highest BCUT2D eigenvalue weighted by atomic mass is 16.3. The largest absolute Gasteiger partial charge is 0.455 e. The summed E-state index contributed by atoms with van der Waals surface area (Å²) in [5.74, 6) is 1.45. The molecule has 0 aliphatic carbocycles. The van der Waals surface area contributed by atoms with Gasteiger partial charge in [-0.05, 0) is 71.3 Å². The SMILES string of the molecule is c1ccc(-c2cc(-c3nc(-c4ccccn4)nc(-c4ccccn4)n3)cc(-c3ccccc3)c2-n2c3ccccc3c3c4oc5c(-c6ccccc6)cccc5c4ccc32)cc1. The minimum atomic E-state index is 0.468. The smallest absolute Gasteiger partial charge is 0.182 e. The van der Waals surface area contributed by atoms with Crippen LogP contribution in [0.25, 0.3) is 117 Å². The van der Waals surface area contributed by atoms with Gasteiger partial charge in [0.1, 0.15) is 22.6 Å². The Morgan fingerprint density at radius 2 is 0.871 bits per heavy atom. The van der Waals surface area contributed by atoms with Crippen molar-refractivity contribution in [3.05, 3.63) is 207 Å². The Morgan fingerprint density at radius 1 is 0.355 bits per heavy atom. The minimum absolute atomic E-state index is 0.468. The third-order valence-electron chi connectivity index (χ3n) is 11.6. The van der Waals surface area contributed by atoms with E-state index in [1.165, 1.54) is 0 Å². The van der Waals surface area contributed by atoms with Crippen LogP contribution in [-0.2, 0) is 0 Å². The molecular weight excluding hydrogens is 761 g/mol. The summed E-state index contributed by atoms with van der Waals surface area (Å²) in [6, 6.07) is 67.0. The maximum absolute atomic E-state index is 7.06. The van der Waals surface area contributed by atoms with Gasteiger partial charge in [-0.25, -0.2) is 15.0 Å². The van der Waals surface area contributed by atoms with Crippen molar-refractivity contribution in [2.75, 3.05) is 0 Å². The molecule has 0 spiro atoms. The van der Waals surface area contributed by atoms with Crippen molar-refractivity contribution in [3.63, 3.8) is 0 Å². The van der Waals surface area contributed by atoms with Gasteiger partial charge < -0.3 is 8.98 Å². The normalized spacial score (nSPS) is 11.5. The molecule has 7 heteroatoms. The number of hydrogen-bond acceptors (Lipinski definition) is 6. The molecule has 62 heavy (non-hydrogen) atoms. The second kappa shape index (κ2) is 14.6. The molecule has 0 radical (unpaired) electrons. The minimum Gasteiger partial charge on any atom is -0.455 e. The molecule has 12 aromatic rings. The molecule has 0 N–H and O–H groups in total. The van der Waals surface area contributed by atoms with Crippen molar-refractivity contribution in [1.82, 2.24) is 29.5 Å². The van der Waals surface area contributed by atoms with Crippen LogP contribution in [0, 0.1) is 0 Å². The van der Waals surface area contributed by atoms with Crippen molar-refractivity contribution >= 4 is 43.7 Å². The van der Waals surface area contributed by atoms with Gasteiger partial charge in [0.05, 0.1) is 22.1 Å². The third kappa shape index (κ3) is 5.86. The fourth-order valence-corrected chi connectivity index (χ4v) is 8.80. The van der Waals surface area contributed by atoms with E-state index in [1.807, 2.05) is 42.5 Å². The van der Waals surface area contributed by atoms with Crippen molar-refractivity contribution in [1.29, 1.82) is 0 Å². The van der Waals surface area contributed by atoms with Crippen LogP contribution in [0.1, 0.15) is 0 Å². The van der Waals surface area contributed by atoms with E-state index in [0.29, 0.717) is 28.9 Å². The lowest BCUT2D eigenvalue weighted by Crippen LogP contribution is -2.04. The molecule has 290 valence electrons. The van der Waals surface area contributed by atoms with Gasteiger partial charge in [-0.15, -0.1) is 0 Å². The summed E-state index contributed by atoms with van der Waals surface area (Å²) in [4.78, 5) is 24.4. The monoisotopic (exact) mass is 794 g/mol. The Kier molecular flexibility index (Phi) is 8.35. The average Bonchev–Trinajstić information content (AvgIpc) is 3.91. The molecule has 0 amide bonds. The maximum Gasteiger partial charge on any atom is 0.182 e. The Balaban J connectivity index is 1.18. The summed E-state index contributed by atoms with van der Waals surface area (Å²) >= 11 is 0. The number of benzene rings is 7. The number of para-hydroxylation sites is 2. The number of furan rings is 1. The molecule has 7 nitrogen and oxygen atoms in total. The molecule has 0 atom stereocenters. The van der Waals surface area contributed by atoms with E-state index < -0.39 is 0 Å². The van der Waals surface area contributed by atoms with Gasteiger partial charge in [-0.1, -0.05) is 140 Å². The van der Waals surface area contributed by atoms with E-state index in [4.69, 9.17) is 19.4 Å². The zero-order chi connectivity index (χ0) is 41.0. The quantitative estimate of drug-likeness (QED) is 0.160. The Hall–Kier alpha value is -8.55. The first-order valence-electron chi connectivity index (χ1n) is 20.6. The van der Waals surface area contributed by atoms with Crippen LogP contribution in [0.4, 0.5) is 0 Å². The first kappa shape index (κ1) is 35.4. The number of nitrogens with zero attached hydrogens (tertiary/aromatic N) is 6. The maximum atomic E-state index is 7.06. The fraction of sp³-hybridized carbons (Fsp3) is 0. The molecule has 5 heterocycles. The standard InChI is InChI=1S/C55H34N6O/c1-4-17-35(18-5-1)39-24-16-25-40-41-29-30-48-49(52(41)62-51(39)40)42-23-10-11-28-47(42)61(48)50-43(36-19-6-2-7-20-36)33-38(34-44(50)37-21-8-3-9-22-37)53-58-54(45-26-12-14-31-56-45)60-55(59-53)46-27-13-15-32-57-46/h1-34H. The van der Waals surface area contributed by atoms with Gasteiger partial charge in [-0.3, -0.25) is 9.97 Å². The van der Waals surface area contributed by atoms with Gasteiger partial charge >= 0.3 is 0 Å². The Bertz CT molecular complexity index is 3490. The third-order valence-corrected chi connectivity index (χ3v) is 11.6. The topological polar surface area (TPSA) is 82.5 Å².